The fraction of sp³-hybridized carbons (Fsp3) is 0.385. The average molecular weight is 220 g/mol. The molecule has 1 rings (SSSR count). The summed E-state index contributed by atoms with van der Waals surface area (Å²) in [6, 6.07) is 6.51. The molecule has 0 aromatic heterocycles. The number of hydrogen-bond donors (Lipinski definition) is 0. The number of esters is 1. The summed E-state index contributed by atoms with van der Waals surface area (Å²) < 4.78 is 5.20. The molecule has 0 aliphatic heterocycles. The number of aldehydes is 1. The highest BCUT2D eigenvalue weighted by molar-refractivity contribution is 5.77. The van der Waals surface area contributed by atoms with Crippen LogP contribution in [0.2, 0.25) is 0 Å². The molecule has 1 aromatic carbocycles. The summed E-state index contributed by atoms with van der Waals surface area (Å²) in [6.07, 6.45) is 2.32. The van der Waals surface area contributed by atoms with Gasteiger partial charge in [-0.05, 0) is 37.1 Å². The van der Waals surface area contributed by atoms with E-state index >= 15 is 0 Å². The summed E-state index contributed by atoms with van der Waals surface area (Å²) >= 11 is 0. The summed E-state index contributed by atoms with van der Waals surface area (Å²) in [7, 11) is 0. The predicted molar refractivity (Wildman–Crippen MR) is 61.5 cm³/mol. The number of benzene rings is 1. The van der Waals surface area contributed by atoms with Gasteiger partial charge in [-0.25, -0.2) is 0 Å². The van der Waals surface area contributed by atoms with E-state index < -0.39 is 0 Å². The second-order valence-corrected chi connectivity index (χ2v) is 3.62. The molecule has 16 heavy (non-hydrogen) atoms. The van der Waals surface area contributed by atoms with E-state index in [0.29, 0.717) is 11.3 Å². The first kappa shape index (κ1) is 12.4. The van der Waals surface area contributed by atoms with E-state index in [9.17, 15) is 9.59 Å². The summed E-state index contributed by atoms with van der Waals surface area (Å²) in [4.78, 5) is 22.1. The van der Waals surface area contributed by atoms with Crippen molar-refractivity contribution < 1.29 is 14.3 Å². The second kappa shape index (κ2) is 6.05. The molecule has 0 bridgehead atoms. The Labute approximate surface area is 95.4 Å². The third-order valence-corrected chi connectivity index (χ3v) is 2.55. The number of ether oxygens (including phenoxy) is 1. The molecular formula is C13H16O3. The van der Waals surface area contributed by atoms with E-state index in [0.717, 1.165) is 19.1 Å². The standard InChI is InChI=1S/C13H16O3/c1-3-11(4-2)13(15)16-12-7-5-10(9-14)6-8-12/h5-9,11H,3-4H2,1-2H3. The van der Waals surface area contributed by atoms with Gasteiger partial charge in [-0.2, -0.15) is 0 Å². The highest BCUT2D eigenvalue weighted by atomic mass is 16.5. The quantitative estimate of drug-likeness (QED) is 0.435. The molecule has 0 saturated heterocycles. The van der Waals surface area contributed by atoms with Crippen LogP contribution >= 0.6 is 0 Å². The molecule has 0 atom stereocenters. The van der Waals surface area contributed by atoms with Gasteiger partial charge in [0.15, 0.2) is 0 Å². The molecule has 1 aromatic rings. The van der Waals surface area contributed by atoms with E-state index in [1.165, 1.54) is 0 Å². The van der Waals surface area contributed by atoms with Crippen molar-refractivity contribution in [1.82, 2.24) is 0 Å². The predicted octanol–water partition coefficient (Wildman–Crippen LogP) is 2.84. The molecule has 0 unspecified atom stereocenters. The minimum atomic E-state index is -0.205. The van der Waals surface area contributed by atoms with Crippen LogP contribution < -0.4 is 4.74 Å². The van der Waals surface area contributed by atoms with Crippen molar-refractivity contribution >= 4 is 12.3 Å². The van der Waals surface area contributed by atoms with Crippen molar-refractivity contribution in [2.24, 2.45) is 5.92 Å². The zero-order valence-electron chi connectivity index (χ0n) is 9.60. The van der Waals surface area contributed by atoms with Crippen molar-refractivity contribution in [2.45, 2.75) is 26.7 Å². The van der Waals surface area contributed by atoms with Crippen LogP contribution in [0, 0.1) is 5.92 Å². The summed E-state index contributed by atoms with van der Waals surface area (Å²) in [6.45, 7) is 3.93. The molecular weight excluding hydrogens is 204 g/mol. The van der Waals surface area contributed by atoms with E-state index in [4.69, 9.17) is 4.74 Å². The topological polar surface area (TPSA) is 43.4 Å². The Kier molecular flexibility index (Phi) is 4.70. The van der Waals surface area contributed by atoms with Crippen LogP contribution in [-0.4, -0.2) is 12.3 Å². The lowest BCUT2D eigenvalue weighted by molar-refractivity contribution is -0.139. The number of rotatable bonds is 5. The molecule has 0 fully saturated rings. The molecule has 0 spiro atoms. The van der Waals surface area contributed by atoms with Gasteiger partial charge in [0.05, 0.1) is 5.92 Å². The van der Waals surface area contributed by atoms with Gasteiger partial charge in [-0.3, -0.25) is 9.59 Å². The summed E-state index contributed by atoms with van der Waals surface area (Å²) in [5.41, 5.74) is 0.572. The van der Waals surface area contributed by atoms with Crippen molar-refractivity contribution in [2.75, 3.05) is 0 Å². The molecule has 86 valence electrons. The SMILES string of the molecule is CCC(CC)C(=O)Oc1ccc(C=O)cc1. The Bertz CT molecular complexity index is 350. The normalized spacial score (nSPS) is 10.2. The first-order chi connectivity index (χ1) is 7.71. The molecule has 0 amide bonds. The molecule has 3 nitrogen and oxygen atoms in total. The van der Waals surface area contributed by atoms with E-state index in [2.05, 4.69) is 0 Å². The molecule has 0 heterocycles. The lowest BCUT2D eigenvalue weighted by Gasteiger charge is -2.11. The van der Waals surface area contributed by atoms with Crippen LogP contribution in [-0.2, 0) is 4.79 Å². The van der Waals surface area contributed by atoms with Gasteiger partial charge in [-0.15, -0.1) is 0 Å². The van der Waals surface area contributed by atoms with Crippen LogP contribution in [0.5, 0.6) is 5.75 Å². The maximum atomic E-state index is 11.6. The molecule has 0 saturated carbocycles. The number of carbonyl (C=O) groups is 2. The first-order valence-electron chi connectivity index (χ1n) is 5.48. The molecule has 0 N–H and O–H groups in total. The van der Waals surface area contributed by atoms with Gasteiger partial charge in [-0.1, -0.05) is 13.8 Å². The Morgan fingerprint density at radius 3 is 2.25 bits per heavy atom. The highest BCUT2D eigenvalue weighted by Crippen LogP contribution is 2.16. The van der Waals surface area contributed by atoms with Gasteiger partial charge in [0.2, 0.25) is 0 Å². The van der Waals surface area contributed by atoms with Crippen LogP contribution in [0.15, 0.2) is 24.3 Å². The Hall–Kier alpha value is -1.64. The Morgan fingerprint density at radius 1 is 1.25 bits per heavy atom. The lowest BCUT2D eigenvalue weighted by Crippen LogP contribution is -2.19. The van der Waals surface area contributed by atoms with Crippen molar-refractivity contribution in [3.05, 3.63) is 29.8 Å². The highest BCUT2D eigenvalue weighted by Gasteiger charge is 2.16. The van der Waals surface area contributed by atoms with E-state index in [1.54, 1.807) is 24.3 Å². The first-order valence-corrected chi connectivity index (χ1v) is 5.48. The van der Waals surface area contributed by atoms with Crippen molar-refractivity contribution in [1.29, 1.82) is 0 Å². The van der Waals surface area contributed by atoms with Crippen molar-refractivity contribution in [3.8, 4) is 5.75 Å². The van der Waals surface area contributed by atoms with Crippen LogP contribution in [0.25, 0.3) is 0 Å². The third kappa shape index (κ3) is 3.19. The Morgan fingerprint density at radius 2 is 1.81 bits per heavy atom. The molecule has 0 aliphatic carbocycles. The van der Waals surface area contributed by atoms with E-state index in [1.807, 2.05) is 13.8 Å². The van der Waals surface area contributed by atoms with Gasteiger partial charge >= 0.3 is 5.97 Å². The van der Waals surface area contributed by atoms with Gasteiger partial charge < -0.3 is 4.74 Å². The zero-order chi connectivity index (χ0) is 12.0. The third-order valence-electron chi connectivity index (χ3n) is 2.55. The van der Waals surface area contributed by atoms with Crippen LogP contribution in [0.4, 0.5) is 0 Å². The fourth-order valence-corrected chi connectivity index (χ4v) is 1.44. The molecule has 3 heteroatoms. The minimum Gasteiger partial charge on any atom is -0.426 e. The number of carbonyl (C=O) groups excluding carboxylic acids is 2. The molecule has 0 radical (unpaired) electrons. The maximum Gasteiger partial charge on any atom is 0.314 e. The van der Waals surface area contributed by atoms with Gasteiger partial charge in [0.1, 0.15) is 12.0 Å². The molecule has 0 aliphatic rings. The van der Waals surface area contributed by atoms with Gasteiger partial charge in [0, 0.05) is 5.56 Å². The van der Waals surface area contributed by atoms with Crippen LogP contribution in [0.3, 0.4) is 0 Å². The summed E-state index contributed by atoms with van der Waals surface area (Å²) in [5.74, 6) is 0.233. The average Bonchev–Trinajstić information content (AvgIpc) is 2.31. The van der Waals surface area contributed by atoms with Gasteiger partial charge in [0.25, 0.3) is 0 Å². The minimum absolute atomic E-state index is 0.0502. The van der Waals surface area contributed by atoms with Crippen molar-refractivity contribution in [3.63, 3.8) is 0 Å². The second-order valence-electron chi connectivity index (χ2n) is 3.62. The smallest absolute Gasteiger partial charge is 0.314 e. The zero-order valence-corrected chi connectivity index (χ0v) is 9.60. The summed E-state index contributed by atoms with van der Waals surface area (Å²) in [5, 5.41) is 0. The fourth-order valence-electron chi connectivity index (χ4n) is 1.44. The number of hydrogen-bond acceptors (Lipinski definition) is 3. The monoisotopic (exact) mass is 220 g/mol. The largest absolute Gasteiger partial charge is 0.426 e. The maximum absolute atomic E-state index is 11.6. The van der Waals surface area contributed by atoms with Crippen LogP contribution in [0.1, 0.15) is 37.0 Å². The lowest BCUT2D eigenvalue weighted by atomic mass is 10.0. The van der Waals surface area contributed by atoms with E-state index in [-0.39, 0.29) is 11.9 Å². The Balaban J connectivity index is 2.65.